The molecule has 0 saturated heterocycles. The summed E-state index contributed by atoms with van der Waals surface area (Å²) in [5.74, 6) is -0.608. The smallest absolute Gasteiger partial charge is 0.338 e. The van der Waals surface area contributed by atoms with Crippen LogP contribution in [0.5, 0.6) is 5.75 Å². The fourth-order valence-electron chi connectivity index (χ4n) is 2.75. The van der Waals surface area contributed by atoms with Gasteiger partial charge in [0.15, 0.2) is 6.61 Å². The van der Waals surface area contributed by atoms with Crippen molar-refractivity contribution < 1.29 is 28.7 Å². The lowest BCUT2D eigenvalue weighted by atomic mass is 10.1. The number of benzene rings is 2. The lowest BCUT2D eigenvalue weighted by Crippen LogP contribution is -2.31. The normalized spacial score (nSPS) is 10.3. The molecule has 1 amide bonds. The first-order chi connectivity index (χ1) is 14.9. The van der Waals surface area contributed by atoms with Gasteiger partial charge in [-0.15, -0.1) is 0 Å². The highest BCUT2D eigenvalue weighted by molar-refractivity contribution is 5.93. The van der Waals surface area contributed by atoms with Crippen LogP contribution in [0.4, 0.5) is 11.4 Å². The quantitative estimate of drug-likeness (QED) is 0.249. The van der Waals surface area contributed by atoms with Crippen LogP contribution in [-0.4, -0.2) is 62.7 Å². The average molecular weight is 431 g/mol. The number of esters is 1. The largest absolute Gasteiger partial charge is 0.496 e. The van der Waals surface area contributed by atoms with Crippen molar-refractivity contribution in [1.82, 2.24) is 4.90 Å². The van der Waals surface area contributed by atoms with Crippen molar-refractivity contribution in [2.75, 3.05) is 46.3 Å². The molecule has 0 aliphatic carbocycles. The van der Waals surface area contributed by atoms with Gasteiger partial charge in [-0.25, -0.2) is 4.79 Å². The van der Waals surface area contributed by atoms with E-state index in [0.717, 1.165) is 11.6 Å². The van der Waals surface area contributed by atoms with Crippen LogP contribution in [0.25, 0.3) is 0 Å². The minimum Gasteiger partial charge on any atom is -0.496 e. The van der Waals surface area contributed by atoms with Gasteiger partial charge in [-0.1, -0.05) is 18.2 Å². The van der Waals surface area contributed by atoms with Gasteiger partial charge in [0.1, 0.15) is 11.4 Å². The number of carbonyl (C=O) groups excluding carboxylic acids is 2. The van der Waals surface area contributed by atoms with E-state index in [1.165, 1.54) is 24.1 Å². The zero-order valence-electron chi connectivity index (χ0n) is 17.6. The van der Waals surface area contributed by atoms with Crippen molar-refractivity contribution in [3.8, 4) is 5.75 Å². The van der Waals surface area contributed by atoms with E-state index in [9.17, 15) is 19.7 Å². The Bertz CT molecular complexity index is 933. The fraction of sp³-hybridized carbons (Fsp3) is 0.333. The summed E-state index contributed by atoms with van der Waals surface area (Å²) in [6.45, 7) is 0.513. The van der Waals surface area contributed by atoms with Crippen LogP contribution in [0.2, 0.25) is 0 Å². The fourth-order valence-corrected chi connectivity index (χ4v) is 2.75. The number of nitrogens with one attached hydrogen (secondary N) is 1. The maximum atomic E-state index is 12.3. The predicted molar refractivity (Wildman–Crippen MR) is 113 cm³/mol. The summed E-state index contributed by atoms with van der Waals surface area (Å²) in [6.07, 6.45) is 0. The Labute approximate surface area is 179 Å². The van der Waals surface area contributed by atoms with E-state index in [0.29, 0.717) is 18.9 Å². The standard InChI is InChI=1S/C21H25N3O7/c1-23(13-16-6-4-5-7-19(16)30-3)20(25)14-31-21(26)15-8-9-17(22-10-11-29-2)18(12-15)24(27)28/h4-9,12,22H,10-11,13-14H2,1-3H3. The van der Waals surface area contributed by atoms with Gasteiger partial charge in [-0.2, -0.15) is 0 Å². The Kier molecular flexibility index (Phi) is 8.77. The van der Waals surface area contributed by atoms with Gasteiger partial charge in [0, 0.05) is 38.9 Å². The second-order valence-corrected chi connectivity index (χ2v) is 6.55. The molecule has 10 nitrogen and oxygen atoms in total. The van der Waals surface area contributed by atoms with E-state index >= 15 is 0 Å². The van der Waals surface area contributed by atoms with Crippen molar-refractivity contribution >= 4 is 23.3 Å². The zero-order chi connectivity index (χ0) is 22.8. The van der Waals surface area contributed by atoms with Crippen LogP contribution in [0.1, 0.15) is 15.9 Å². The Morgan fingerprint density at radius 1 is 1.16 bits per heavy atom. The highest BCUT2D eigenvalue weighted by Crippen LogP contribution is 2.26. The first-order valence-corrected chi connectivity index (χ1v) is 9.41. The Morgan fingerprint density at radius 3 is 2.58 bits per heavy atom. The topological polar surface area (TPSA) is 120 Å². The molecule has 0 saturated carbocycles. The molecule has 1 N–H and O–H groups in total. The van der Waals surface area contributed by atoms with Gasteiger partial charge in [-0.3, -0.25) is 14.9 Å². The number of hydrogen-bond donors (Lipinski definition) is 1. The summed E-state index contributed by atoms with van der Waals surface area (Å²) < 4.78 is 15.2. The molecule has 0 aliphatic rings. The van der Waals surface area contributed by atoms with Gasteiger partial charge >= 0.3 is 5.97 Å². The summed E-state index contributed by atoms with van der Waals surface area (Å²) in [5.41, 5.74) is 0.764. The molecule has 0 atom stereocenters. The van der Waals surface area contributed by atoms with Crippen LogP contribution < -0.4 is 10.1 Å². The third-order valence-corrected chi connectivity index (χ3v) is 4.40. The zero-order valence-corrected chi connectivity index (χ0v) is 17.6. The summed E-state index contributed by atoms with van der Waals surface area (Å²) in [5, 5.41) is 14.2. The van der Waals surface area contributed by atoms with E-state index in [4.69, 9.17) is 14.2 Å². The molecule has 2 aromatic rings. The van der Waals surface area contributed by atoms with E-state index in [1.807, 2.05) is 18.2 Å². The van der Waals surface area contributed by atoms with Gasteiger partial charge in [-0.05, 0) is 18.2 Å². The van der Waals surface area contributed by atoms with E-state index in [1.54, 1.807) is 20.2 Å². The van der Waals surface area contributed by atoms with Gasteiger partial charge < -0.3 is 24.4 Å². The second kappa shape index (κ2) is 11.5. The monoisotopic (exact) mass is 431 g/mol. The number of carbonyl (C=O) groups is 2. The van der Waals surface area contributed by atoms with E-state index in [-0.39, 0.29) is 23.5 Å². The third kappa shape index (κ3) is 6.68. The Hall–Kier alpha value is -3.66. The molecule has 0 radical (unpaired) electrons. The molecule has 2 rings (SSSR count). The number of hydrogen-bond acceptors (Lipinski definition) is 8. The maximum Gasteiger partial charge on any atom is 0.338 e. The number of rotatable bonds is 11. The van der Waals surface area contributed by atoms with Crippen molar-refractivity contribution in [2.24, 2.45) is 0 Å². The first-order valence-electron chi connectivity index (χ1n) is 9.41. The van der Waals surface area contributed by atoms with E-state index < -0.39 is 23.4 Å². The van der Waals surface area contributed by atoms with Crippen LogP contribution in [0.15, 0.2) is 42.5 Å². The van der Waals surface area contributed by atoms with Crippen LogP contribution in [0.3, 0.4) is 0 Å². The Morgan fingerprint density at radius 2 is 1.90 bits per heavy atom. The third-order valence-electron chi connectivity index (χ3n) is 4.40. The number of para-hydroxylation sites is 1. The number of ether oxygens (including phenoxy) is 3. The van der Waals surface area contributed by atoms with Crippen LogP contribution >= 0.6 is 0 Å². The van der Waals surface area contributed by atoms with Crippen LogP contribution in [-0.2, 0) is 20.8 Å². The second-order valence-electron chi connectivity index (χ2n) is 6.55. The molecule has 0 fully saturated rings. The lowest BCUT2D eigenvalue weighted by Gasteiger charge is -2.18. The number of nitro benzene ring substituents is 1. The Balaban J connectivity index is 1.98. The first kappa shape index (κ1) is 23.6. The molecule has 0 aliphatic heterocycles. The number of nitrogens with zero attached hydrogens (tertiary/aromatic N) is 2. The molecule has 166 valence electrons. The van der Waals surface area contributed by atoms with Gasteiger partial charge in [0.25, 0.3) is 11.6 Å². The number of likely N-dealkylation sites (N-methyl/N-ethyl adjacent to an activating group) is 1. The van der Waals surface area contributed by atoms with Gasteiger partial charge in [0.2, 0.25) is 0 Å². The molecule has 0 spiro atoms. The minimum atomic E-state index is -0.828. The minimum absolute atomic E-state index is 0.0239. The summed E-state index contributed by atoms with van der Waals surface area (Å²) in [6, 6.07) is 11.2. The lowest BCUT2D eigenvalue weighted by molar-refractivity contribution is -0.384. The molecule has 2 aromatic carbocycles. The van der Waals surface area contributed by atoms with Crippen molar-refractivity contribution in [3.63, 3.8) is 0 Å². The maximum absolute atomic E-state index is 12.3. The summed E-state index contributed by atoms with van der Waals surface area (Å²) >= 11 is 0. The molecule has 0 heterocycles. The number of methoxy groups -OCH3 is 2. The SMILES string of the molecule is COCCNc1ccc(C(=O)OCC(=O)N(C)Cc2ccccc2OC)cc1[N+](=O)[O-]. The van der Waals surface area contributed by atoms with Crippen molar-refractivity contribution in [1.29, 1.82) is 0 Å². The molecule has 0 aromatic heterocycles. The number of nitro groups is 1. The molecule has 10 heteroatoms. The molecule has 0 bridgehead atoms. The van der Waals surface area contributed by atoms with Gasteiger partial charge in [0.05, 0.1) is 24.2 Å². The average Bonchev–Trinajstić information content (AvgIpc) is 2.77. The molecular formula is C21H25N3O7. The number of amides is 1. The molecule has 0 unspecified atom stereocenters. The highest BCUT2D eigenvalue weighted by Gasteiger charge is 2.20. The molecular weight excluding hydrogens is 406 g/mol. The molecule has 31 heavy (non-hydrogen) atoms. The predicted octanol–water partition coefficient (Wildman–Crippen LogP) is 2.48. The van der Waals surface area contributed by atoms with Crippen LogP contribution in [0, 0.1) is 10.1 Å². The van der Waals surface area contributed by atoms with E-state index in [2.05, 4.69) is 5.32 Å². The van der Waals surface area contributed by atoms with Crippen molar-refractivity contribution in [2.45, 2.75) is 6.54 Å². The summed E-state index contributed by atoms with van der Waals surface area (Å²) in [7, 11) is 4.64. The summed E-state index contributed by atoms with van der Waals surface area (Å²) in [4.78, 5) is 36.8. The highest BCUT2D eigenvalue weighted by atomic mass is 16.6. The van der Waals surface area contributed by atoms with Crippen molar-refractivity contribution in [3.05, 3.63) is 63.7 Å². The number of anilines is 1.